The summed E-state index contributed by atoms with van der Waals surface area (Å²) in [5.74, 6) is 4.79. The molecule has 1 aliphatic rings. The Bertz CT molecular complexity index is 618. The summed E-state index contributed by atoms with van der Waals surface area (Å²) in [6.07, 6.45) is 3.25. The third kappa shape index (κ3) is 6.90. The van der Waals surface area contributed by atoms with E-state index in [1.165, 1.54) is 17.3 Å². The summed E-state index contributed by atoms with van der Waals surface area (Å²) in [6, 6.07) is 5.93. The van der Waals surface area contributed by atoms with Crippen LogP contribution in [0.5, 0.6) is 0 Å². The maximum atomic E-state index is 9.48. The number of nitrogens with zero attached hydrogens (tertiary/aromatic N) is 4. The number of nitriles is 3. The molecule has 1 saturated heterocycles. The van der Waals surface area contributed by atoms with Gasteiger partial charge in [0.1, 0.15) is 23.8 Å². The number of hydrogen-bond donors (Lipinski definition) is 0. The zero-order valence-corrected chi connectivity index (χ0v) is 17.5. The summed E-state index contributed by atoms with van der Waals surface area (Å²) < 4.78 is 0. The molecular formula is C18H24N4S3. The highest BCUT2D eigenvalue weighted by atomic mass is 32.2. The molecule has 0 aromatic rings. The minimum Gasteiger partial charge on any atom is -0.373 e. The Morgan fingerprint density at radius 3 is 2.32 bits per heavy atom. The minimum atomic E-state index is 0.0169. The van der Waals surface area contributed by atoms with Gasteiger partial charge in [-0.2, -0.15) is 51.1 Å². The van der Waals surface area contributed by atoms with Crippen molar-refractivity contribution in [2.24, 2.45) is 0 Å². The molecule has 4 nitrogen and oxygen atoms in total. The average molecular weight is 393 g/mol. The lowest BCUT2D eigenvalue weighted by Gasteiger charge is -2.21. The number of hydrogen-bond acceptors (Lipinski definition) is 7. The van der Waals surface area contributed by atoms with Gasteiger partial charge in [-0.1, -0.05) is 0 Å². The minimum absolute atomic E-state index is 0.0169. The van der Waals surface area contributed by atoms with Crippen molar-refractivity contribution in [2.75, 3.05) is 42.4 Å². The van der Waals surface area contributed by atoms with E-state index in [2.05, 4.69) is 17.2 Å². The van der Waals surface area contributed by atoms with E-state index in [1.807, 2.05) is 54.3 Å². The quantitative estimate of drug-likeness (QED) is 0.333. The Labute approximate surface area is 164 Å². The molecule has 1 unspecified atom stereocenters. The van der Waals surface area contributed by atoms with Crippen molar-refractivity contribution in [2.45, 2.75) is 25.5 Å². The Morgan fingerprint density at radius 2 is 1.72 bits per heavy atom. The molecule has 0 aromatic carbocycles. The molecule has 1 fully saturated rings. The molecule has 1 rings (SSSR count). The Kier molecular flexibility index (Phi) is 10.7. The number of likely N-dealkylation sites (tertiary alicyclic amines) is 1. The summed E-state index contributed by atoms with van der Waals surface area (Å²) in [5, 5.41) is 28.1. The summed E-state index contributed by atoms with van der Waals surface area (Å²) in [7, 11) is 0. The normalized spacial score (nSPS) is 17.3. The van der Waals surface area contributed by atoms with Gasteiger partial charge in [0.05, 0.1) is 5.57 Å². The van der Waals surface area contributed by atoms with E-state index in [1.54, 1.807) is 6.92 Å². The summed E-state index contributed by atoms with van der Waals surface area (Å²) in [6.45, 7) is 5.45. The molecule has 0 radical (unpaired) electrons. The van der Waals surface area contributed by atoms with Crippen molar-refractivity contribution in [1.82, 2.24) is 4.90 Å². The van der Waals surface area contributed by atoms with Crippen LogP contribution >= 0.6 is 35.3 Å². The molecule has 0 aliphatic carbocycles. The fourth-order valence-corrected chi connectivity index (χ4v) is 5.69. The first-order valence-electron chi connectivity index (χ1n) is 8.14. The smallest absolute Gasteiger partial charge is 0.133 e. The van der Waals surface area contributed by atoms with Crippen LogP contribution in [0, 0.1) is 34.0 Å². The van der Waals surface area contributed by atoms with Gasteiger partial charge in [-0.25, -0.2) is 0 Å². The Balaban J connectivity index is 2.62. The molecule has 0 N–H and O–H groups in total. The fourth-order valence-electron chi connectivity index (χ4n) is 2.60. The van der Waals surface area contributed by atoms with Crippen molar-refractivity contribution in [3.63, 3.8) is 0 Å². The summed E-state index contributed by atoms with van der Waals surface area (Å²) in [4.78, 5) is 2.22. The predicted octanol–water partition coefficient (Wildman–Crippen LogP) is 4.05. The largest absolute Gasteiger partial charge is 0.373 e. The van der Waals surface area contributed by atoms with Crippen LogP contribution < -0.4 is 0 Å². The molecule has 7 heteroatoms. The van der Waals surface area contributed by atoms with Gasteiger partial charge in [-0.05, 0) is 32.1 Å². The second-order valence-electron chi connectivity index (χ2n) is 5.63. The highest BCUT2D eigenvalue weighted by Gasteiger charge is 2.25. The van der Waals surface area contributed by atoms with Crippen molar-refractivity contribution < 1.29 is 0 Å². The fraction of sp³-hybridized carbons (Fsp3) is 0.611. The molecule has 134 valence electrons. The van der Waals surface area contributed by atoms with Crippen molar-refractivity contribution in [3.05, 3.63) is 22.4 Å². The van der Waals surface area contributed by atoms with Crippen molar-refractivity contribution in [1.29, 1.82) is 15.8 Å². The molecule has 0 amide bonds. The maximum Gasteiger partial charge on any atom is 0.133 e. The van der Waals surface area contributed by atoms with Gasteiger partial charge in [-0.15, -0.1) is 0 Å². The van der Waals surface area contributed by atoms with Gasteiger partial charge >= 0.3 is 0 Å². The van der Waals surface area contributed by atoms with Crippen LogP contribution in [0.4, 0.5) is 0 Å². The van der Waals surface area contributed by atoms with Crippen LogP contribution in [0.25, 0.3) is 0 Å². The molecule has 0 bridgehead atoms. The topological polar surface area (TPSA) is 74.6 Å². The standard InChI is InChI=1S/C18H24N4S3/c1-14(16(10-19)11-20)18(12-21)15(2)22-5-4-17(13-22)25-9-8-24-7-6-23-3/h17H,4-9,13H2,1-3H3/b18-15+. The van der Waals surface area contributed by atoms with E-state index in [4.69, 9.17) is 10.5 Å². The van der Waals surface area contributed by atoms with Gasteiger partial charge in [0, 0.05) is 47.0 Å². The van der Waals surface area contributed by atoms with Crippen LogP contribution in [0.15, 0.2) is 22.4 Å². The Hall–Kier alpha value is -1.20. The molecule has 1 aliphatic heterocycles. The molecule has 1 heterocycles. The number of thioether (sulfide) groups is 3. The van der Waals surface area contributed by atoms with Gasteiger partial charge in [-0.3, -0.25) is 0 Å². The van der Waals surface area contributed by atoms with Crippen LogP contribution in [0.2, 0.25) is 0 Å². The Morgan fingerprint density at radius 1 is 1.04 bits per heavy atom. The SMILES string of the molecule is CSCCSCCSC1CCN(/C(C)=C(\C#N)C(C)=C(C#N)C#N)C1. The van der Waals surface area contributed by atoms with E-state index in [0.717, 1.165) is 31.0 Å². The molecule has 0 aromatic heterocycles. The van der Waals surface area contributed by atoms with Crippen LogP contribution in [0.3, 0.4) is 0 Å². The lowest BCUT2D eigenvalue weighted by atomic mass is 10.0. The molecular weight excluding hydrogens is 368 g/mol. The first-order valence-corrected chi connectivity index (χ1v) is 11.7. The highest BCUT2D eigenvalue weighted by molar-refractivity contribution is 8.04. The first kappa shape index (κ1) is 21.8. The monoisotopic (exact) mass is 392 g/mol. The zero-order valence-electron chi connectivity index (χ0n) is 15.0. The molecule has 1 atom stereocenters. The van der Waals surface area contributed by atoms with E-state index >= 15 is 0 Å². The number of allylic oxidation sites excluding steroid dienone is 4. The van der Waals surface area contributed by atoms with Crippen LogP contribution in [0.1, 0.15) is 20.3 Å². The maximum absolute atomic E-state index is 9.48. The third-order valence-corrected chi connectivity index (χ3v) is 7.49. The van der Waals surface area contributed by atoms with Gasteiger partial charge in [0.2, 0.25) is 0 Å². The average Bonchev–Trinajstić information content (AvgIpc) is 3.08. The highest BCUT2D eigenvalue weighted by Crippen LogP contribution is 2.28. The van der Waals surface area contributed by atoms with Crippen molar-refractivity contribution >= 4 is 35.3 Å². The second-order valence-corrected chi connectivity index (χ2v) is 9.25. The molecule has 25 heavy (non-hydrogen) atoms. The predicted molar refractivity (Wildman–Crippen MR) is 110 cm³/mol. The lowest BCUT2D eigenvalue weighted by Crippen LogP contribution is -2.21. The second kappa shape index (κ2) is 12.2. The van der Waals surface area contributed by atoms with Gasteiger partial charge in [0.15, 0.2) is 0 Å². The van der Waals surface area contributed by atoms with Crippen LogP contribution in [-0.4, -0.2) is 52.5 Å². The van der Waals surface area contributed by atoms with E-state index in [0.29, 0.717) is 16.4 Å². The summed E-state index contributed by atoms with van der Waals surface area (Å²) >= 11 is 5.92. The van der Waals surface area contributed by atoms with E-state index in [9.17, 15) is 5.26 Å². The molecule has 0 saturated carbocycles. The van der Waals surface area contributed by atoms with Gasteiger partial charge < -0.3 is 4.90 Å². The molecule has 0 spiro atoms. The van der Waals surface area contributed by atoms with Gasteiger partial charge in [0.25, 0.3) is 0 Å². The summed E-state index contributed by atoms with van der Waals surface area (Å²) in [5.41, 5.74) is 1.83. The van der Waals surface area contributed by atoms with Crippen molar-refractivity contribution in [3.8, 4) is 18.2 Å². The lowest BCUT2D eigenvalue weighted by molar-refractivity contribution is 0.426. The number of rotatable bonds is 9. The third-order valence-electron chi connectivity index (χ3n) is 4.08. The van der Waals surface area contributed by atoms with Crippen LogP contribution in [-0.2, 0) is 0 Å². The van der Waals surface area contributed by atoms with E-state index in [-0.39, 0.29) is 5.57 Å². The zero-order chi connectivity index (χ0) is 18.7. The first-order chi connectivity index (χ1) is 12.1. The van der Waals surface area contributed by atoms with E-state index < -0.39 is 0 Å².